The molecule has 2 rings (SSSR count). The fraction of sp³-hybridized carbons (Fsp3) is 0.917. The van der Waals surface area contributed by atoms with E-state index in [0.717, 1.165) is 0 Å². The lowest BCUT2D eigenvalue weighted by molar-refractivity contribution is -0.164. The molecule has 2 aliphatic heterocycles. The van der Waals surface area contributed by atoms with Crippen LogP contribution in [-0.4, -0.2) is 61.3 Å². The van der Waals surface area contributed by atoms with Crippen molar-refractivity contribution in [1.82, 2.24) is 0 Å². The van der Waals surface area contributed by atoms with Gasteiger partial charge in [0.05, 0.1) is 13.7 Å². The number of aliphatic hydroxyl groups excluding tert-OH is 1. The molecule has 0 saturated carbocycles. The number of carbonyl (C=O) groups excluding carboxylic acids is 1. The highest BCUT2D eigenvalue weighted by atomic mass is 16.8. The molecule has 0 radical (unpaired) electrons. The van der Waals surface area contributed by atoms with E-state index in [2.05, 4.69) is 4.74 Å². The number of hydrogen-bond donors (Lipinski definition) is 1. The van der Waals surface area contributed by atoms with Crippen LogP contribution in [0.25, 0.3) is 0 Å². The van der Waals surface area contributed by atoms with Gasteiger partial charge in [-0.3, -0.25) is 0 Å². The highest BCUT2D eigenvalue weighted by Crippen LogP contribution is 2.32. The number of rotatable bonds is 3. The van der Waals surface area contributed by atoms with Crippen LogP contribution in [0.15, 0.2) is 0 Å². The lowest BCUT2D eigenvalue weighted by Gasteiger charge is -2.25. The Hall–Kier alpha value is -0.730. The van der Waals surface area contributed by atoms with Gasteiger partial charge in [0.25, 0.3) is 0 Å². The number of methoxy groups -OCH3 is 1. The summed E-state index contributed by atoms with van der Waals surface area (Å²) >= 11 is 0. The summed E-state index contributed by atoms with van der Waals surface area (Å²) in [5.74, 6) is -1.47. The van der Waals surface area contributed by atoms with E-state index >= 15 is 0 Å². The zero-order valence-corrected chi connectivity index (χ0v) is 11.5. The Morgan fingerprint density at radius 2 is 2.11 bits per heavy atom. The average molecular weight is 276 g/mol. The predicted molar refractivity (Wildman–Crippen MR) is 62.1 cm³/mol. The van der Waals surface area contributed by atoms with Gasteiger partial charge in [-0.2, -0.15) is 0 Å². The van der Waals surface area contributed by atoms with Gasteiger partial charge in [0.1, 0.15) is 18.3 Å². The zero-order chi connectivity index (χ0) is 14.2. The van der Waals surface area contributed by atoms with Gasteiger partial charge < -0.3 is 28.8 Å². The molecule has 2 heterocycles. The van der Waals surface area contributed by atoms with Crippen molar-refractivity contribution >= 4 is 5.97 Å². The SMILES string of the molecule is COC(=O)[C@H](O)[C@H]1OC(C)O[C@@H]1[C@H]1COC(C)(C)O1. The van der Waals surface area contributed by atoms with Crippen LogP contribution in [0.2, 0.25) is 0 Å². The minimum absolute atomic E-state index is 0.318. The second-order valence-corrected chi connectivity index (χ2v) is 5.10. The van der Waals surface area contributed by atoms with Gasteiger partial charge in [0.15, 0.2) is 18.2 Å². The highest BCUT2D eigenvalue weighted by Gasteiger charge is 2.50. The van der Waals surface area contributed by atoms with Gasteiger partial charge >= 0.3 is 5.97 Å². The first-order valence-electron chi connectivity index (χ1n) is 6.22. The van der Waals surface area contributed by atoms with E-state index in [1.165, 1.54) is 7.11 Å². The summed E-state index contributed by atoms with van der Waals surface area (Å²) in [4.78, 5) is 11.4. The average Bonchev–Trinajstić information content (AvgIpc) is 2.90. The lowest BCUT2D eigenvalue weighted by Crippen LogP contribution is -2.47. The van der Waals surface area contributed by atoms with Gasteiger partial charge in [-0.25, -0.2) is 4.79 Å². The molecule has 7 nitrogen and oxygen atoms in total. The third-order valence-electron chi connectivity index (χ3n) is 3.17. The maximum atomic E-state index is 11.4. The Bertz CT molecular complexity index is 343. The number of carbonyl (C=O) groups is 1. The molecular weight excluding hydrogens is 256 g/mol. The Morgan fingerprint density at radius 1 is 1.42 bits per heavy atom. The third-order valence-corrected chi connectivity index (χ3v) is 3.17. The molecular formula is C12H20O7. The van der Waals surface area contributed by atoms with Crippen molar-refractivity contribution in [2.45, 2.75) is 57.3 Å². The van der Waals surface area contributed by atoms with Crippen molar-refractivity contribution in [2.24, 2.45) is 0 Å². The van der Waals surface area contributed by atoms with Crippen LogP contribution in [0.1, 0.15) is 20.8 Å². The van der Waals surface area contributed by atoms with Crippen molar-refractivity contribution < 1.29 is 33.6 Å². The minimum Gasteiger partial charge on any atom is -0.467 e. The van der Waals surface area contributed by atoms with Gasteiger partial charge in [-0.05, 0) is 20.8 Å². The molecule has 7 heteroatoms. The van der Waals surface area contributed by atoms with Crippen LogP contribution in [0.3, 0.4) is 0 Å². The standard InChI is InChI=1S/C12H20O7/c1-6-17-9(7-5-16-12(2,3)19-7)10(18-6)8(13)11(14)15-4/h6-10,13H,5H2,1-4H3/t6?,7-,8-,9-,10-/m1/s1. The normalized spacial score (nSPS) is 39.2. The van der Waals surface area contributed by atoms with E-state index in [1.54, 1.807) is 20.8 Å². The smallest absolute Gasteiger partial charge is 0.337 e. The van der Waals surface area contributed by atoms with Crippen molar-refractivity contribution in [3.8, 4) is 0 Å². The van der Waals surface area contributed by atoms with Gasteiger partial charge in [0.2, 0.25) is 0 Å². The molecule has 0 aromatic rings. The molecule has 0 spiro atoms. The van der Waals surface area contributed by atoms with E-state index in [1.807, 2.05) is 0 Å². The quantitative estimate of drug-likeness (QED) is 0.715. The summed E-state index contributed by atoms with van der Waals surface area (Å²) in [5.41, 5.74) is 0. The summed E-state index contributed by atoms with van der Waals surface area (Å²) < 4.78 is 26.7. The summed E-state index contributed by atoms with van der Waals surface area (Å²) in [7, 11) is 1.21. The maximum absolute atomic E-state index is 11.4. The fourth-order valence-electron chi connectivity index (χ4n) is 2.31. The van der Waals surface area contributed by atoms with Crippen LogP contribution in [0, 0.1) is 0 Å². The molecule has 0 aromatic carbocycles. The molecule has 2 saturated heterocycles. The van der Waals surface area contributed by atoms with Crippen molar-refractivity contribution in [1.29, 1.82) is 0 Å². The number of hydrogen-bond acceptors (Lipinski definition) is 7. The Labute approximate surface area is 111 Å². The van der Waals surface area contributed by atoms with E-state index in [0.29, 0.717) is 6.61 Å². The molecule has 0 aromatic heterocycles. The van der Waals surface area contributed by atoms with Gasteiger partial charge in [0, 0.05) is 0 Å². The molecule has 2 aliphatic rings. The number of aliphatic hydroxyl groups is 1. The molecule has 1 unspecified atom stereocenters. The minimum atomic E-state index is -1.41. The molecule has 19 heavy (non-hydrogen) atoms. The second-order valence-electron chi connectivity index (χ2n) is 5.10. The molecule has 5 atom stereocenters. The predicted octanol–water partition coefficient (Wildman–Crippen LogP) is -0.198. The molecule has 0 aliphatic carbocycles. The number of ether oxygens (including phenoxy) is 5. The summed E-state index contributed by atoms with van der Waals surface area (Å²) in [6, 6.07) is 0. The van der Waals surface area contributed by atoms with Crippen molar-refractivity contribution in [2.75, 3.05) is 13.7 Å². The van der Waals surface area contributed by atoms with E-state index in [-0.39, 0.29) is 0 Å². The molecule has 110 valence electrons. The second kappa shape index (κ2) is 5.34. The first kappa shape index (κ1) is 14.7. The summed E-state index contributed by atoms with van der Waals surface area (Å²) in [5, 5.41) is 9.92. The summed E-state index contributed by atoms with van der Waals surface area (Å²) in [6.45, 7) is 5.59. The lowest BCUT2D eigenvalue weighted by atomic mass is 10.0. The first-order chi connectivity index (χ1) is 8.84. The first-order valence-corrected chi connectivity index (χ1v) is 6.22. The Balaban J connectivity index is 2.08. The molecule has 1 N–H and O–H groups in total. The van der Waals surface area contributed by atoms with Crippen molar-refractivity contribution in [3.05, 3.63) is 0 Å². The van der Waals surface area contributed by atoms with Crippen LogP contribution in [0.5, 0.6) is 0 Å². The largest absolute Gasteiger partial charge is 0.467 e. The molecule has 0 amide bonds. The highest BCUT2D eigenvalue weighted by molar-refractivity contribution is 5.75. The summed E-state index contributed by atoms with van der Waals surface area (Å²) in [6.07, 6.45) is -3.74. The van der Waals surface area contributed by atoms with Crippen molar-refractivity contribution in [3.63, 3.8) is 0 Å². The Kier molecular flexibility index (Phi) is 4.12. The van der Waals surface area contributed by atoms with Crippen LogP contribution in [0.4, 0.5) is 0 Å². The zero-order valence-electron chi connectivity index (χ0n) is 11.5. The van der Waals surface area contributed by atoms with Crippen LogP contribution >= 0.6 is 0 Å². The Morgan fingerprint density at radius 3 is 2.63 bits per heavy atom. The van der Waals surface area contributed by atoms with Crippen LogP contribution in [-0.2, 0) is 28.5 Å². The number of esters is 1. The molecule has 0 bridgehead atoms. The van der Waals surface area contributed by atoms with Gasteiger partial charge in [-0.1, -0.05) is 0 Å². The monoisotopic (exact) mass is 276 g/mol. The maximum Gasteiger partial charge on any atom is 0.337 e. The van der Waals surface area contributed by atoms with Crippen LogP contribution < -0.4 is 0 Å². The fourth-order valence-corrected chi connectivity index (χ4v) is 2.31. The topological polar surface area (TPSA) is 83.5 Å². The van der Waals surface area contributed by atoms with E-state index < -0.39 is 42.5 Å². The third kappa shape index (κ3) is 3.06. The van der Waals surface area contributed by atoms with Gasteiger partial charge in [-0.15, -0.1) is 0 Å². The molecule has 2 fully saturated rings. The van der Waals surface area contributed by atoms with E-state index in [9.17, 15) is 9.90 Å². The van der Waals surface area contributed by atoms with E-state index in [4.69, 9.17) is 18.9 Å².